The van der Waals surface area contributed by atoms with E-state index in [0.717, 1.165) is 32.2 Å². The van der Waals surface area contributed by atoms with Crippen molar-refractivity contribution in [3.05, 3.63) is 24.1 Å². The highest BCUT2D eigenvalue weighted by atomic mass is 19.1. The third kappa shape index (κ3) is 2.62. The lowest BCUT2D eigenvalue weighted by Crippen LogP contribution is -2.49. The van der Waals surface area contributed by atoms with Crippen LogP contribution in [0.3, 0.4) is 0 Å². The number of amides is 1. The molecular weight excluding hydrogens is 257 g/mol. The average Bonchev–Trinajstić information content (AvgIpc) is 3.31. The van der Waals surface area contributed by atoms with Gasteiger partial charge in [0, 0.05) is 38.3 Å². The molecule has 0 spiro atoms. The Bertz CT molecular complexity index is 504. The van der Waals surface area contributed by atoms with Crippen LogP contribution in [0.1, 0.15) is 25.7 Å². The lowest BCUT2D eigenvalue weighted by atomic mass is 10.0. The Morgan fingerprint density at radius 2 is 2.25 bits per heavy atom. The van der Waals surface area contributed by atoms with Crippen molar-refractivity contribution in [3.8, 4) is 0 Å². The molecule has 1 aromatic rings. The second-order valence-corrected chi connectivity index (χ2v) is 5.77. The second kappa shape index (κ2) is 5.38. The molecule has 0 radical (unpaired) electrons. The Hall–Kier alpha value is -1.65. The molecular formula is C15H20FN3O. The van der Waals surface area contributed by atoms with Gasteiger partial charge in [-0.25, -0.2) is 9.37 Å². The van der Waals surface area contributed by atoms with Crippen LogP contribution in [-0.4, -0.2) is 42.0 Å². The third-order valence-electron chi connectivity index (χ3n) is 4.26. The molecule has 0 aromatic carbocycles. The van der Waals surface area contributed by atoms with Crippen LogP contribution in [-0.2, 0) is 4.79 Å². The van der Waals surface area contributed by atoms with E-state index in [9.17, 15) is 9.18 Å². The second-order valence-electron chi connectivity index (χ2n) is 5.77. The van der Waals surface area contributed by atoms with Gasteiger partial charge in [0.05, 0.1) is 0 Å². The summed E-state index contributed by atoms with van der Waals surface area (Å²) in [5, 5.41) is 0. The quantitative estimate of drug-likeness (QED) is 0.848. The summed E-state index contributed by atoms with van der Waals surface area (Å²) in [5.41, 5.74) is 0. The van der Waals surface area contributed by atoms with Crippen LogP contribution in [0.2, 0.25) is 0 Å². The van der Waals surface area contributed by atoms with Crippen LogP contribution in [0, 0.1) is 11.7 Å². The standard InChI is InChI=1S/C15H20FN3O/c1-18(15(20)11-6-7-11)12-4-3-9-19(10-12)14-13(16)5-2-8-17-14/h2,5,8,11-12H,3-4,6-7,9-10H2,1H3. The van der Waals surface area contributed by atoms with Crippen molar-refractivity contribution in [1.29, 1.82) is 0 Å². The lowest BCUT2D eigenvalue weighted by molar-refractivity contribution is -0.133. The van der Waals surface area contributed by atoms with Crippen molar-refractivity contribution in [2.45, 2.75) is 31.7 Å². The molecule has 108 valence electrons. The molecule has 20 heavy (non-hydrogen) atoms. The number of rotatable bonds is 3. The Kier molecular flexibility index (Phi) is 3.59. The molecule has 0 N–H and O–H groups in total. The minimum absolute atomic E-state index is 0.165. The first kappa shape index (κ1) is 13.3. The molecule has 2 heterocycles. The molecule has 1 aliphatic carbocycles. The van der Waals surface area contributed by atoms with E-state index >= 15 is 0 Å². The van der Waals surface area contributed by atoms with Crippen LogP contribution in [0.15, 0.2) is 18.3 Å². The fourth-order valence-corrected chi connectivity index (χ4v) is 2.87. The van der Waals surface area contributed by atoms with Gasteiger partial charge in [-0.1, -0.05) is 0 Å². The number of hydrogen-bond donors (Lipinski definition) is 0. The minimum Gasteiger partial charge on any atom is -0.352 e. The molecule has 1 aliphatic heterocycles. The summed E-state index contributed by atoms with van der Waals surface area (Å²) in [6, 6.07) is 3.20. The molecule has 1 unspecified atom stereocenters. The summed E-state index contributed by atoms with van der Waals surface area (Å²) in [6.45, 7) is 1.47. The van der Waals surface area contributed by atoms with Crippen LogP contribution >= 0.6 is 0 Å². The van der Waals surface area contributed by atoms with E-state index in [0.29, 0.717) is 12.4 Å². The molecule has 1 saturated heterocycles. The number of aromatic nitrogens is 1. The summed E-state index contributed by atoms with van der Waals surface area (Å²) in [4.78, 5) is 20.1. The van der Waals surface area contributed by atoms with Crippen molar-refractivity contribution in [1.82, 2.24) is 9.88 Å². The number of piperidine rings is 1. The lowest BCUT2D eigenvalue weighted by Gasteiger charge is -2.38. The Morgan fingerprint density at radius 1 is 1.45 bits per heavy atom. The van der Waals surface area contributed by atoms with Crippen LogP contribution in [0.4, 0.5) is 10.2 Å². The molecule has 1 amide bonds. The maximum absolute atomic E-state index is 13.8. The number of halogens is 1. The zero-order valence-electron chi connectivity index (χ0n) is 11.8. The fraction of sp³-hybridized carbons (Fsp3) is 0.600. The monoisotopic (exact) mass is 277 g/mol. The van der Waals surface area contributed by atoms with Gasteiger partial charge in [0.25, 0.3) is 0 Å². The topological polar surface area (TPSA) is 36.4 Å². The van der Waals surface area contributed by atoms with Gasteiger partial charge >= 0.3 is 0 Å². The largest absolute Gasteiger partial charge is 0.352 e. The highest BCUT2D eigenvalue weighted by molar-refractivity contribution is 5.81. The Morgan fingerprint density at radius 3 is 2.95 bits per heavy atom. The Labute approximate surface area is 118 Å². The van der Waals surface area contributed by atoms with E-state index in [4.69, 9.17) is 0 Å². The molecule has 1 saturated carbocycles. The maximum atomic E-state index is 13.8. The molecule has 1 atom stereocenters. The molecule has 2 fully saturated rings. The van der Waals surface area contributed by atoms with E-state index < -0.39 is 0 Å². The highest BCUT2D eigenvalue weighted by Gasteiger charge is 2.36. The van der Waals surface area contributed by atoms with Crippen molar-refractivity contribution >= 4 is 11.7 Å². The average molecular weight is 277 g/mol. The van der Waals surface area contributed by atoms with Gasteiger partial charge in [-0.05, 0) is 37.8 Å². The van der Waals surface area contributed by atoms with Gasteiger partial charge in [-0.15, -0.1) is 0 Å². The molecule has 3 rings (SSSR count). The zero-order chi connectivity index (χ0) is 14.1. The predicted molar refractivity (Wildman–Crippen MR) is 74.9 cm³/mol. The van der Waals surface area contributed by atoms with Gasteiger partial charge < -0.3 is 9.80 Å². The van der Waals surface area contributed by atoms with Crippen LogP contribution < -0.4 is 4.90 Å². The van der Waals surface area contributed by atoms with Gasteiger partial charge in [0.1, 0.15) is 0 Å². The SMILES string of the molecule is CN(C(=O)C1CC1)C1CCCN(c2ncccc2F)C1. The van der Waals surface area contributed by atoms with Crippen molar-refractivity contribution in [3.63, 3.8) is 0 Å². The van der Waals surface area contributed by atoms with Crippen LogP contribution in [0.25, 0.3) is 0 Å². The summed E-state index contributed by atoms with van der Waals surface area (Å²) in [6.07, 6.45) is 5.60. The first-order valence-corrected chi connectivity index (χ1v) is 7.29. The molecule has 2 aliphatic rings. The summed E-state index contributed by atoms with van der Waals surface area (Å²) < 4.78 is 13.8. The van der Waals surface area contributed by atoms with Crippen LogP contribution in [0.5, 0.6) is 0 Å². The van der Waals surface area contributed by atoms with E-state index in [1.54, 1.807) is 12.3 Å². The maximum Gasteiger partial charge on any atom is 0.225 e. The van der Waals surface area contributed by atoms with Crippen molar-refractivity contribution in [2.75, 3.05) is 25.0 Å². The predicted octanol–water partition coefficient (Wildman–Crippen LogP) is 2.06. The summed E-state index contributed by atoms with van der Waals surface area (Å²) in [7, 11) is 1.88. The number of hydrogen-bond acceptors (Lipinski definition) is 3. The van der Waals surface area contributed by atoms with E-state index in [1.165, 1.54) is 6.07 Å². The zero-order valence-corrected chi connectivity index (χ0v) is 11.8. The van der Waals surface area contributed by atoms with E-state index in [2.05, 4.69) is 4.98 Å². The summed E-state index contributed by atoms with van der Waals surface area (Å²) in [5.74, 6) is 0.606. The third-order valence-corrected chi connectivity index (χ3v) is 4.26. The van der Waals surface area contributed by atoms with Crippen molar-refractivity contribution in [2.24, 2.45) is 5.92 Å². The van der Waals surface area contributed by atoms with E-state index in [1.807, 2.05) is 16.8 Å². The van der Waals surface area contributed by atoms with Gasteiger partial charge in [-0.2, -0.15) is 0 Å². The number of carbonyl (C=O) groups is 1. The number of pyridine rings is 1. The smallest absolute Gasteiger partial charge is 0.225 e. The van der Waals surface area contributed by atoms with Gasteiger partial charge in [0.2, 0.25) is 5.91 Å². The van der Waals surface area contributed by atoms with E-state index in [-0.39, 0.29) is 23.7 Å². The molecule has 0 bridgehead atoms. The first-order chi connectivity index (χ1) is 9.66. The Balaban J connectivity index is 1.70. The number of anilines is 1. The number of nitrogens with zero attached hydrogens (tertiary/aromatic N) is 3. The number of carbonyl (C=O) groups excluding carboxylic acids is 1. The van der Waals surface area contributed by atoms with Crippen molar-refractivity contribution < 1.29 is 9.18 Å². The first-order valence-electron chi connectivity index (χ1n) is 7.29. The molecule has 1 aromatic heterocycles. The van der Waals surface area contributed by atoms with Gasteiger partial charge in [0.15, 0.2) is 11.6 Å². The normalized spacial score (nSPS) is 22.7. The number of likely N-dealkylation sites (N-methyl/N-ethyl adjacent to an activating group) is 1. The molecule has 4 nitrogen and oxygen atoms in total. The summed E-state index contributed by atoms with van der Waals surface area (Å²) >= 11 is 0. The molecule has 5 heteroatoms. The highest BCUT2D eigenvalue weighted by Crippen LogP contribution is 2.32. The minimum atomic E-state index is -0.288. The fourth-order valence-electron chi connectivity index (χ4n) is 2.87. The van der Waals surface area contributed by atoms with Gasteiger partial charge in [-0.3, -0.25) is 4.79 Å².